The molecular formula is C12H16N2O5S. The van der Waals surface area contributed by atoms with Gasteiger partial charge in [0, 0.05) is 13.0 Å². The Balaban J connectivity index is 2.26. The maximum absolute atomic E-state index is 11.3. The second-order valence-electron chi connectivity index (χ2n) is 3.82. The van der Waals surface area contributed by atoms with Gasteiger partial charge in [0.05, 0.1) is 0 Å². The molecule has 0 atom stereocenters. The van der Waals surface area contributed by atoms with Crippen LogP contribution in [0.4, 0.5) is 4.79 Å². The fraction of sp³-hybridized carbons (Fsp3) is 0.333. The minimum absolute atomic E-state index is 0.104. The lowest BCUT2D eigenvalue weighted by Gasteiger charge is -2.06. The van der Waals surface area contributed by atoms with Crippen LogP contribution in [0.5, 0.6) is 0 Å². The van der Waals surface area contributed by atoms with Crippen LogP contribution in [-0.4, -0.2) is 33.2 Å². The van der Waals surface area contributed by atoms with Crippen LogP contribution in [0.25, 0.3) is 0 Å². The van der Waals surface area contributed by atoms with Gasteiger partial charge in [-0.25, -0.2) is 17.9 Å². The van der Waals surface area contributed by atoms with E-state index < -0.39 is 21.2 Å². The Bertz CT molecular complexity index is 556. The van der Waals surface area contributed by atoms with Gasteiger partial charge in [0.2, 0.25) is 0 Å². The summed E-state index contributed by atoms with van der Waals surface area (Å²) in [7, 11) is -2.78. The van der Waals surface area contributed by atoms with Crippen LogP contribution < -0.4 is 10.0 Å². The number of ether oxygens (including phenoxy) is 1. The highest BCUT2D eigenvalue weighted by atomic mass is 32.2. The molecule has 1 amide bonds. The first kappa shape index (κ1) is 16.1. The molecule has 20 heavy (non-hydrogen) atoms. The summed E-state index contributed by atoms with van der Waals surface area (Å²) < 4.78 is 29.0. The van der Waals surface area contributed by atoms with Gasteiger partial charge in [-0.2, -0.15) is 0 Å². The van der Waals surface area contributed by atoms with Gasteiger partial charge in [-0.1, -0.05) is 30.3 Å². The third kappa shape index (κ3) is 5.37. The second-order valence-corrected chi connectivity index (χ2v) is 5.69. The molecule has 0 bridgehead atoms. The van der Waals surface area contributed by atoms with Crippen molar-refractivity contribution < 1.29 is 22.7 Å². The Kier molecular flexibility index (Phi) is 6.13. The average molecular weight is 300 g/mol. The predicted octanol–water partition coefficient (Wildman–Crippen LogP) is 0.379. The highest BCUT2D eigenvalue weighted by Gasteiger charge is 2.19. The number of carbonyl (C=O) groups is 2. The van der Waals surface area contributed by atoms with E-state index in [1.165, 1.54) is 0 Å². The van der Waals surface area contributed by atoms with Crippen molar-refractivity contribution in [1.82, 2.24) is 10.0 Å². The first-order chi connectivity index (χ1) is 9.45. The molecule has 1 aromatic rings. The molecular weight excluding hydrogens is 284 g/mol. The molecule has 0 aliphatic rings. The van der Waals surface area contributed by atoms with Crippen molar-refractivity contribution in [2.75, 3.05) is 13.6 Å². The SMILES string of the molecule is CNS(=O)(=O)C(=O)CCNC(=O)OCc1ccccc1. The summed E-state index contributed by atoms with van der Waals surface area (Å²) >= 11 is 0. The van der Waals surface area contributed by atoms with E-state index in [0.717, 1.165) is 12.6 Å². The lowest BCUT2D eigenvalue weighted by molar-refractivity contribution is -0.111. The zero-order chi connectivity index (χ0) is 15.0. The summed E-state index contributed by atoms with van der Waals surface area (Å²) in [5, 5.41) is 1.32. The van der Waals surface area contributed by atoms with E-state index in [9.17, 15) is 18.0 Å². The summed E-state index contributed by atoms with van der Waals surface area (Å²) in [6.45, 7) is 0.00278. The van der Waals surface area contributed by atoms with E-state index in [4.69, 9.17) is 4.74 Å². The first-order valence-electron chi connectivity index (χ1n) is 5.86. The molecule has 1 rings (SSSR count). The lowest BCUT2D eigenvalue weighted by atomic mass is 10.2. The highest BCUT2D eigenvalue weighted by Crippen LogP contribution is 2.00. The number of benzene rings is 1. The van der Waals surface area contributed by atoms with Gasteiger partial charge in [-0.3, -0.25) is 4.79 Å². The summed E-state index contributed by atoms with van der Waals surface area (Å²) in [4.78, 5) is 22.5. The Labute approximate surface area is 117 Å². The molecule has 0 aliphatic heterocycles. The third-order valence-electron chi connectivity index (χ3n) is 2.38. The van der Waals surface area contributed by atoms with Crippen molar-refractivity contribution >= 4 is 21.2 Å². The number of amides is 1. The van der Waals surface area contributed by atoms with Gasteiger partial charge < -0.3 is 10.1 Å². The Morgan fingerprint density at radius 1 is 1.20 bits per heavy atom. The van der Waals surface area contributed by atoms with Crippen molar-refractivity contribution in [2.45, 2.75) is 13.0 Å². The molecule has 0 spiro atoms. The van der Waals surface area contributed by atoms with Crippen LogP contribution >= 0.6 is 0 Å². The van der Waals surface area contributed by atoms with Crippen molar-refractivity contribution in [3.05, 3.63) is 35.9 Å². The van der Waals surface area contributed by atoms with E-state index in [2.05, 4.69) is 5.32 Å². The fourth-order valence-corrected chi connectivity index (χ4v) is 1.89. The van der Waals surface area contributed by atoms with E-state index in [1.807, 2.05) is 22.9 Å². The van der Waals surface area contributed by atoms with Crippen LogP contribution in [-0.2, 0) is 26.2 Å². The molecule has 2 N–H and O–H groups in total. The number of nitrogens with one attached hydrogen (secondary N) is 2. The fourth-order valence-electron chi connectivity index (χ4n) is 1.29. The number of hydrogen-bond acceptors (Lipinski definition) is 5. The summed E-state index contributed by atoms with van der Waals surface area (Å²) in [6, 6.07) is 9.08. The molecule has 0 unspecified atom stereocenters. The van der Waals surface area contributed by atoms with Crippen molar-refractivity contribution in [3.8, 4) is 0 Å². The molecule has 0 heterocycles. The van der Waals surface area contributed by atoms with Gasteiger partial charge in [0.15, 0.2) is 0 Å². The summed E-state index contributed by atoms with van der Waals surface area (Å²) in [6.07, 6.45) is -1.02. The van der Waals surface area contributed by atoms with Crippen LogP contribution in [0, 0.1) is 0 Å². The molecule has 0 radical (unpaired) electrons. The largest absolute Gasteiger partial charge is 0.445 e. The van der Waals surface area contributed by atoms with Crippen molar-refractivity contribution in [3.63, 3.8) is 0 Å². The van der Waals surface area contributed by atoms with Crippen molar-refractivity contribution in [2.24, 2.45) is 0 Å². The molecule has 0 aliphatic carbocycles. The van der Waals surface area contributed by atoms with E-state index in [-0.39, 0.29) is 19.6 Å². The van der Waals surface area contributed by atoms with Crippen molar-refractivity contribution in [1.29, 1.82) is 0 Å². The average Bonchev–Trinajstić information content (AvgIpc) is 2.46. The molecule has 1 aromatic carbocycles. The smallest absolute Gasteiger partial charge is 0.407 e. The number of rotatable bonds is 6. The summed E-state index contributed by atoms with van der Waals surface area (Å²) in [5.74, 6) is 0. The van der Waals surface area contributed by atoms with Crippen LogP contribution in [0.3, 0.4) is 0 Å². The summed E-state index contributed by atoms with van der Waals surface area (Å²) in [5.41, 5.74) is 0.830. The van der Waals surface area contributed by atoms with Crippen LogP contribution in [0.15, 0.2) is 30.3 Å². The van der Waals surface area contributed by atoms with Gasteiger partial charge in [0.25, 0.3) is 15.1 Å². The van der Waals surface area contributed by atoms with Gasteiger partial charge in [0.1, 0.15) is 6.61 Å². The first-order valence-corrected chi connectivity index (χ1v) is 7.35. The van der Waals surface area contributed by atoms with Gasteiger partial charge in [-0.05, 0) is 12.6 Å². The quantitative estimate of drug-likeness (QED) is 0.791. The second kappa shape index (κ2) is 7.61. The Morgan fingerprint density at radius 3 is 2.45 bits per heavy atom. The minimum atomic E-state index is -3.93. The molecule has 0 saturated carbocycles. The molecule has 0 saturated heterocycles. The molecule has 7 nitrogen and oxygen atoms in total. The monoisotopic (exact) mass is 300 g/mol. The number of hydrogen-bond donors (Lipinski definition) is 2. The Hall–Kier alpha value is -1.93. The van der Waals surface area contributed by atoms with Gasteiger partial charge >= 0.3 is 6.09 Å². The zero-order valence-electron chi connectivity index (χ0n) is 11.0. The minimum Gasteiger partial charge on any atom is -0.445 e. The maximum Gasteiger partial charge on any atom is 0.407 e. The number of carbonyl (C=O) groups excluding carboxylic acids is 2. The van der Waals surface area contributed by atoms with Gasteiger partial charge in [-0.15, -0.1) is 0 Å². The third-order valence-corrected chi connectivity index (χ3v) is 3.72. The maximum atomic E-state index is 11.3. The lowest BCUT2D eigenvalue weighted by Crippen LogP contribution is -2.32. The van der Waals surface area contributed by atoms with E-state index in [1.54, 1.807) is 12.1 Å². The molecule has 8 heteroatoms. The zero-order valence-corrected chi connectivity index (χ0v) is 11.8. The van der Waals surface area contributed by atoms with Crippen LogP contribution in [0.1, 0.15) is 12.0 Å². The Morgan fingerprint density at radius 2 is 1.85 bits per heavy atom. The van der Waals surface area contributed by atoms with Crippen LogP contribution in [0.2, 0.25) is 0 Å². The number of sulfonamides is 1. The standard InChI is InChI=1S/C12H16N2O5S/c1-13-20(17,18)11(15)7-8-14-12(16)19-9-10-5-3-2-4-6-10/h2-6,13H,7-9H2,1H3,(H,14,16). The molecule has 0 fully saturated rings. The number of alkyl carbamates (subject to hydrolysis) is 1. The predicted molar refractivity (Wildman–Crippen MR) is 72.2 cm³/mol. The molecule has 0 aromatic heterocycles. The van der Waals surface area contributed by atoms with E-state index in [0.29, 0.717) is 0 Å². The van der Waals surface area contributed by atoms with E-state index >= 15 is 0 Å². The topological polar surface area (TPSA) is 102 Å². The molecule has 110 valence electrons. The normalized spacial score (nSPS) is 10.8. The highest BCUT2D eigenvalue weighted by molar-refractivity contribution is 8.04.